The van der Waals surface area contributed by atoms with Crippen LogP contribution in [0, 0.1) is 0 Å². The van der Waals surface area contributed by atoms with Crippen molar-refractivity contribution in [3.63, 3.8) is 0 Å². The molecule has 1 heterocycles. The van der Waals surface area contributed by atoms with E-state index in [1.54, 1.807) is 0 Å². The molecule has 1 atom stereocenters. The van der Waals surface area contributed by atoms with Crippen molar-refractivity contribution in [2.75, 3.05) is 5.32 Å². The molecule has 2 rings (SSSR count). The second-order valence-corrected chi connectivity index (χ2v) is 5.02. The Hall–Kier alpha value is -1.75. The molecule has 5 nitrogen and oxygen atoms in total. The molecule has 0 aliphatic carbocycles. The van der Waals surface area contributed by atoms with E-state index in [0.717, 1.165) is 5.69 Å². The van der Waals surface area contributed by atoms with Gasteiger partial charge in [-0.05, 0) is 32.9 Å². The van der Waals surface area contributed by atoms with Gasteiger partial charge in [0.2, 0.25) is 5.96 Å². The SMILES string of the molecule is CC1N=C(Nc2ccccc2Cl)NC(NC(C)C)=N1. The first-order valence-corrected chi connectivity index (χ1v) is 6.63. The molecule has 6 heteroatoms. The summed E-state index contributed by atoms with van der Waals surface area (Å²) in [5.41, 5.74) is 0.813. The lowest BCUT2D eigenvalue weighted by Gasteiger charge is -2.22. The second-order valence-electron chi connectivity index (χ2n) is 4.62. The number of anilines is 1. The first-order chi connectivity index (χ1) is 9.04. The smallest absolute Gasteiger partial charge is 0.204 e. The Bertz CT molecular complexity index is 510. The number of halogens is 1. The van der Waals surface area contributed by atoms with E-state index >= 15 is 0 Å². The van der Waals surface area contributed by atoms with Crippen molar-refractivity contribution in [1.29, 1.82) is 0 Å². The van der Waals surface area contributed by atoms with Gasteiger partial charge >= 0.3 is 0 Å². The molecule has 0 bridgehead atoms. The van der Waals surface area contributed by atoms with Crippen molar-refractivity contribution < 1.29 is 0 Å². The summed E-state index contributed by atoms with van der Waals surface area (Å²) in [6, 6.07) is 7.84. The number of para-hydroxylation sites is 1. The lowest BCUT2D eigenvalue weighted by Crippen LogP contribution is -2.49. The van der Waals surface area contributed by atoms with Crippen molar-refractivity contribution in [3.05, 3.63) is 29.3 Å². The van der Waals surface area contributed by atoms with E-state index in [-0.39, 0.29) is 6.17 Å². The van der Waals surface area contributed by atoms with E-state index in [9.17, 15) is 0 Å². The van der Waals surface area contributed by atoms with Crippen LogP contribution in [-0.2, 0) is 0 Å². The van der Waals surface area contributed by atoms with Gasteiger partial charge in [0, 0.05) is 6.04 Å². The van der Waals surface area contributed by atoms with E-state index in [4.69, 9.17) is 11.6 Å². The molecule has 1 aliphatic rings. The Morgan fingerprint density at radius 1 is 1.21 bits per heavy atom. The lowest BCUT2D eigenvalue weighted by molar-refractivity contribution is 0.687. The summed E-state index contributed by atoms with van der Waals surface area (Å²) in [5, 5.41) is 10.2. The largest absolute Gasteiger partial charge is 0.354 e. The highest BCUT2D eigenvalue weighted by Gasteiger charge is 2.14. The molecule has 0 radical (unpaired) electrons. The molecule has 19 heavy (non-hydrogen) atoms. The first-order valence-electron chi connectivity index (χ1n) is 6.25. The molecule has 3 N–H and O–H groups in total. The minimum absolute atomic E-state index is 0.132. The zero-order valence-corrected chi connectivity index (χ0v) is 12.0. The van der Waals surface area contributed by atoms with Gasteiger partial charge in [-0.15, -0.1) is 0 Å². The van der Waals surface area contributed by atoms with Crippen LogP contribution in [0.4, 0.5) is 5.69 Å². The van der Waals surface area contributed by atoms with E-state index in [2.05, 4.69) is 39.8 Å². The third kappa shape index (κ3) is 3.86. The molecule has 1 aromatic rings. The quantitative estimate of drug-likeness (QED) is 0.779. The highest BCUT2D eigenvalue weighted by atomic mass is 35.5. The van der Waals surface area contributed by atoms with Gasteiger partial charge in [0.05, 0.1) is 10.7 Å². The van der Waals surface area contributed by atoms with Crippen molar-refractivity contribution in [3.8, 4) is 0 Å². The molecule has 1 unspecified atom stereocenters. The summed E-state index contributed by atoms with van der Waals surface area (Å²) >= 11 is 6.11. The van der Waals surface area contributed by atoms with Gasteiger partial charge in [-0.25, -0.2) is 9.98 Å². The van der Waals surface area contributed by atoms with Crippen LogP contribution in [0.3, 0.4) is 0 Å². The predicted molar refractivity (Wildman–Crippen MR) is 80.8 cm³/mol. The Morgan fingerprint density at radius 3 is 2.58 bits per heavy atom. The number of aliphatic imine (C=N–C) groups is 2. The van der Waals surface area contributed by atoms with Crippen LogP contribution in [0.25, 0.3) is 0 Å². The van der Waals surface area contributed by atoms with E-state index in [1.165, 1.54) is 0 Å². The summed E-state index contributed by atoms with van der Waals surface area (Å²) in [5.74, 6) is 1.35. The second kappa shape index (κ2) is 5.93. The normalized spacial score (nSPS) is 18.5. The van der Waals surface area contributed by atoms with Crippen LogP contribution < -0.4 is 16.0 Å². The van der Waals surface area contributed by atoms with Crippen molar-refractivity contribution in [1.82, 2.24) is 10.6 Å². The maximum Gasteiger partial charge on any atom is 0.204 e. The predicted octanol–water partition coefficient (Wildman–Crippen LogP) is 2.41. The topological polar surface area (TPSA) is 60.8 Å². The van der Waals surface area contributed by atoms with Gasteiger partial charge < -0.3 is 10.6 Å². The molecule has 0 saturated carbocycles. The van der Waals surface area contributed by atoms with Gasteiger partial charge in [0.1, 0.15) is 6.17 Å². The minimum atomic E-state index is -0.132. The molecule has 0 spiro atoms. The average Bonchev–Trinajstić information content (AvgIpc) is 2.30. The fourth-order valence-electron chi connectivity index (χ4n) is 1.68. The molecule has 0 aromatic heterocycles. The average molecular weight is 280 g/mol. The molecule has 0 fully saturated rings. The van der Waals surface area contributed by atoms with Crippen molar-refractivity contribution in [2.45, 2.75) is 33.0 Å². The summed E-state index contributed by atoms with van der Waals surface area (Å²) in [6.07, 6.45) is -0.132. The van der Waals surface area contributed by atoms with E-state index in [1.807, 2.05) is 31.2 Å². The van der Waals surface area contributed by atoms with Gasteiger partial charge in [0.25, 0.3) is 0 Å². The number of nitrogens with zero attached hydrogens (tertiary/aromatic N) is 2. The monoisotopic (exact) mass is 279 g/mol. The Kier molecular flexibility index (Phi) is 4.27. The number of benzene rings is 1. The maximum atomic E-state index is 6.11. The van der Waals surface area contributed by atoms with Crippen LogP contribution in [-0.4, -0.2) is 24.1 Å². The molecule has 1 aromatic carbocycles. The number of rotatable bonds is 2. The Balaban J connectivity index is 2.08. The lowest BCUT2D eigenvalue weighted by atomic mass is 10.3. The van der Waals surface area contributed by atoms with Crippen LogP contribution in [0.5, 0.6) is 0 Å². The minimum Gasteiger partial charge on any atom is -0.354 e. The number of guanidine groups is 2. The number of nitrogens with one attached hydrogen (secondary N) is 3. The van der Waals surface area contributed by atoms with Crippen LogP contribution in [0.2, 0.25) is 5.02 Å². The summed E-state index contributed by atoms with van der Waals surface area (Å²) in [7, 11) is 0. The zero-order valence-electron chi connectivity index (χ0n) is 11.2. The highest BCUT2D eigenvalue weighted by molar-refractivity contribution is 6.33. The van der Waals surface area contributed by atoms with E-state index in [0.29, 0.717) is 23.0 Å². The third-order valence-corrected chi connectivity index (χ3v) is 2.75. The van der Waals surface area contributed by atoms with Gasteiger partial charge in [-0.3, -0.25) is 5.32 Å². The molecule has 1 aliphatic heterocycles. The van der Waals surface area contributed by atoms with Gasteiger partial charge in [-0.1, -0.05) is 23.7 Å². The molecule has 0 amide bonds. The molecule has 0 saturated heterocycles. The maximum absolute atomic E-state index is 6.11. The Morgan fingerprint density at radius 2 is 1.89 bits per heavy atom. The van der Waals surface area contributed by atoms with Crippen LogP contribution >= 0.6 is 11.6 Å². The molecular weight excluding hydrogens is 262 g/mol. The standard InChI is InChI=1S/C13H18ClN5/c1-8(2)15-12-16-9(3)17-13(19-12)18-11-7-5-4-6-10(11)14/h4-9H,1-3H3,(H3,15,16,17,18,19). The summed E-state index contributed by atoms with van der Waals surface area (Å²) in [6.45, 7) is 6.04. The number of hydrogen-bond donors (Lipinski definition) is 3. The first kappa shape index (κ1) is 13.7. The fourth-order valence-corrected chi connectivity index (χ4v) is 1.86. The molecular formula is C13H18ClN5. The van der Waals surface area contributed by atoms with Crippen molar-refractivity contribution in [2.24, 2.45) is 9.98 Å². The van der Waals surface area contributed by atoms with Crippen LogP contribution in [0.15, 0.2) is 34.3 Å². The fraction of sp³-hybridized carbons (Fsp3) is 0.385. The molecule has 102 valence electrons. The van der Waals surface area contributed by atoms with Crippen LogP contribution in [0.1, 0.15) is 20.8 Å². The third-order valence-electron chi connectivity index (χ3n) is 2.42. The zero-order chi connectivity index (χ0) is 13.8. The van der Waals surface area contributed by atoms with Gasteiger partial charge in [0.15, 0.2) is 5.96 Å². The highest BCUT2D eigenvalue weighted by Crippen LogP contribution is 2.20. The van der Waals surface area contributed by atoms with Crippen molar-refractivity contribution >= 4 is 29.2 Å². The van der Waals surface area contributed by atoms with Gasteiger partial charge in [-0.2, -0.15) is 0 Å². The Labute approximate surface area is 118 Å². The summed E-state index contributed by atoms with van der Waals surface area (Å²) < 4.78 is 0. The summed E-state index contributed by atoms with van der Waals surface area (Å²) in [4.78, 5) is 8.76. The van der Waals surface area contributed by atoms with E-state index < -0.39 is 0 Å². The number of hydrogen-bond acceptors (Lipinski definition) is 5.